The molecule has 4 aromatic rings. The Kier molecular flexibility index (Phi) is 11.2. The molecule has 0 bridgehead atoms. The van der Waals surface area contributed by atoms with Crippen LogP contribution in [0.15, 0.2) is 40.8 Å². The number of ether oxygens (including phenoxy) is 3. The summed E-state index contributed by atoms with van der Waals surface area (Å²) < 4.78 is 23.8. The number of aromatic nitrogens is 4. The first-order valence-corrected chi connectivity index (χ1v) is 16.5. The summed E-state index contributed by atoms with van der Waals surface area (Å²) in [5.74, 6) is 3.15. The fourth-order valence-electron chi connectivity index (χ4n) is 5.79. The summed E-state index contributed by atoms with van der Waals surface area (Å²) >= 11 is 0. The molecular weight excluding hydrogens is 552 g/mol. The minimum Gasteiger partial charge on any atom is -0.493 e. The van der Waals surface area contributed by atoms with Crippen molar-refractivity contribution >= 4 is 23.3 Å². The quantitative estimate of drug-likeness (QED) is 0.134. The smallest absolute Gasteiger partial charge is 0.323 e. The molecule has 1 fully saturated rings. The number of nitrogens with zero attached hydrogens (tertiary/aromatic N) is 4. The highest BCUT2D eigenvalue weighted by Crippen LogP contribution is 2.40. The predicted octanol–water partition coefficient (Wildman–Crippen LogP) is 9.29. The molecule has 0 amide bonds. The van der Waals surface area contributed by atoms with Gasteiger partial charge in [-0.25, -0.2) is 4.98 Å². The van der Waals surface area contributed by atoms with Gasteiger partial charge in [0.2, 0.25) is 5.89 Å². The first-order chi connectivity index (χ1) is 21.6. The molecule has 234 valence electrons. The van der Waals surface area contributed by atoms with Crippen LogP contribution in [0, 0.1) is 5.92 Å². The molecule has 1 saturated carbocycles. The van der Waals surface area contributed by atoms with Gasteiger partial charge in [0.25, 0.3) is 0 Å². The van der Waals surface area contributed by atoms with Crippen LogP contribution in [-0.4, -0.2) is 39.8 Å². The highest BCUT2D eigenvalue weighted by Gasteiger charge is 2.22. The highest BCUT2D eigenvalue weighted by molar-refractivity contribution is 5.79. The zero-order valence-electron chi connectivity index (χ0n) is 26.7. The molecule has 2 aromatic heterocycles. The Balaban J connectivity index is 1.35. The Bertz CT molecular complexity index is 1480. The Morgan fingerprint density at radius 3 is 2.23 bits per heavy atom. The van der Waals surface area contributed by atoms with Gasteiger partial charge in [0.05, 0.1) is 19.8 Å². The first-order valence-electron chi connectivity index (χ1n) is 16.5. The van der Waals surface area contributed by atoms with Gasteiger partial charge >= 0.3 is 12.0 Å². The largest absolute Gasteiger partial charge is 0.493 e. The molecule has 8 nitrogen and oxygen atoms in total. The van der Waals surface area contributed by atoms with E-state index < -0.39 is 0 Å². The van der Waals surface area contributed by atoms with Crippen LogP contribution in [0.3, 0.4) is 0 Å². The molecule has 1 aliphatic rings. The van der Waals surface area contributed by atoms with E-state index in [-0.39, 0.29) is 12.0 Å². The van der Waals surface area contributed by atoms with Crippen LogP contribution >= 0.6 is 0 Å². The molecule has 0 N–H and O–H groups in total. The summed E-state index contributed by atoms with van der Waals surface area (Å²) in [6.07, 6.45) is 15.0. The minimum absolute atomic E-state index is 0.253. The number of benzene rings is 2. The highest BCUT2D eigenvalue weighted by atomic mass is 16.5. The maximum absolute atomic E-state index is 6.54. The van der Waals surface area contributed by atoms with Gasteiger partial charge in [-0.05, 0) is 68.2 Å². The summed E-state index contributed by atoms with van der Waals surface area (Å²) in [5, 5.41) is 0. The van der Waals surface area contributed by atoms with E-state index in [1.54, 1.807) is 0 Å². The van der Waals surface area contributed by atoms with E-state index in [4.69, 9.17) is 23.6 Å². The maximum Gasteiger partial charge on any atom is 0.323 e. The third kappa shape index (κ3) is 8.16. The third-order valence-corrected chi connectivity index (χ3v) is 8.33. The van der Waals surface area contributed by atoms with Crippen LogP contribution in [-0.2, 0) is 0 Å². The van der Waals surface area contributed by atoms with Crippen molar-refractivity contribution in [3.63, 3.8) is 0 Å². The van der Waals surface area contributed by atoms with Crippen molar-refractivity contribution < 1.29 is 18.6 Å². The van der Waals surface area contributed by atoms with Crippen molar-refractivity contribution in [3.05, 3.63) is 53.4 Å². The summed E-state index contributed by atoms with van der Waals surface area (Å²) in [5.41, 5.74) is 4.79. The molecule has 0 aliphatic heterocycles. The Morgan fingerprint density at radius 2 is 1.57 bits per heavy atom. The van der Waals surface area contributed by atoms with Crippen molar-refractivity contribution in [1.29, 1.82) is 0 Å². The van der Waals surface area contributed by atoms with Crippen molar-refractivity contribution in [2.75, 3.05) is 19.8 Å². The molecule has 1 unspecified atom stereocenters. The van der Waals surface area contributed by atoms with Gasteiger partial charge in [-0.1, -0.05) is 76.6 Å². The monoisotopic (exact) mass is 598 g/mol. The first kappa shape index (κ1) is 31.5. The van der Waals surface area contributed by atoms with E-state index in [1.807, 2.05) is 50.3 Å². The number of rotatable bonds is 15. The van der Waals surface area contributed by atoms with E-state index in [2.05, 4.69) is 40.9 Å². The molecule has 2 aromatic carbocycles. The van der Waals surface area contributed by atoms with Crippen molar-refractivity contribution in [1.82, 2.24) is 19.9 Å². The second kappa shape index (κ2) is 15.7. The fraction of sp³-hybridized carbons (Fsp3) is 0.500. The SMILES string of the molecule is CCCCC(CC)COc1cc2oc(/C=C/c3ccc(-c4nc(OCC)nc(OCC)n4)cc3)nc2cc1C1CCCCC1. The molecule has 8 heteroatoms. The molecule has 1 aliphatic carbocycles. The third-order valence-electron chi connectivity index (χ3n) is 8.33. The van der Waals surface area contributed by atoms with E-state index in [0.29, 0.717) is 36.8 Å². The minimum atomic E-state index is 0.253. The molecule has 0 spiro atoms. The average Bonchev–Trinajstić information content (AvgIpc) is 3.46. The standard InChI is InChI=1S/C36H46N4O4/c1-5-9-13-25(6-2)24-43-31-23-32-30(22-29(31)27-14-11-10-12-15-27)37-33(44-32)21-18-26-16-19-28(20-17-26)34-38-35(41-7-3)40-36(39-34)42-8-4/h16-23,25,27H,5-15,24H2,1-4H3/b21-18+. The fourth-order valence-corrected chi connectivity index (χ4v) is 5.79. The normalized spacial score (nSPS) is 14.7. The van der Waals surface area contributed by atoms with Gasteiger partial charge in [0, 0.05) is 17.7 Å². The maximum atomic E-state index is 6.54. The van der Waals surface area contributed by atoms with Crippen LogP contribution in [0.5, 0.6) is 17.8 Å². The van der Waals surface area contributed by atoms with Crippen LogP contribution in [0.2, 0.25) is 0 Å². The van der Waals surface area contributed by atoms with E-state index in [1.165, 1.54) is 56.9 Å². The topological polar surface area (TPSA) is 92.4 Å². The van der Waals surface area contributed by atoms with Crippen molar-refractivity contribution in [2.24, 2.45) is 5.92 Å². The summed E-state index contributed by atoms with van der Waals surface area (Å²) in [6, 6.07) is 12.7. The van der Waals surface area contributed by atoms with Gasteiger partial charge < -0.3 is 18.6 Å². The summed E-state index contributed by atoms with van der Waals surface area (Å²) in [4.78, 5) is 17.9. The molecular formula is C36H46N4O4. The van der Waals surface area contributed by atoms with Crippen LogP contribution in [0.1, 0.15) is 108 Å². The molecule has 44 heavy (non-hydrogen) atoms. The van der Waals surface area contributed by atoms with Crippen LogP contribution in [0.25, 0.3) is 34.6 Å². The number of hydrogen-bond donors (Lipinski definition) is 0. The number of oxazole rings is 1. The number of unbranched alkanes of at least 4 members (excludes halogenated alkanes) is 1. The lowest BCUT2D eigenvalue weighted by Gasteiger charge is -2.25. The van der Waals surface area contributed by atoms with Gasteiger partial charge in [-0.15, -0.1) is 4.98 Å². The summed E-state index contributed by atoms with van der Waals surface area (Å²) in [6.45, 7) is 9.97. The summed E-state index contributed by atoms with van der Waals surface area (Å²) in [7, 11) is 0. The lowest BCUT2D eigenvalue weighted by atomic mass is 9.83. The lowest BCUT2D eigenvalue weighted by Crippen LogP contribution is -2.13. The Morgan fingerprint density at radius 1 is 0.841 bits per heavy atom. The molecule has 0 saturated heterocycles. The zero-order valence-corrected chi connectivity index (χ0v) is 26.7. The van der Waals surface area contributed by atoms with Gasteiger partial charge in [0.15, 0.2) is 11.4 Å². The number of hydrogen-bond acceptors (Lipinski definition) is 8. The molecule has 5 rings (SSSR count). The van der Waals surface area contributed by atoms with E-state index >= 15 is 0 Å². The second-order valence-electron chi connectivity index (χ2n) is 11.5. The van der Waals surface area contributed by atoms with Crippen LogP contribution in [0.4, 0.5) is 0 Å². The Hall–Kier alpha value is -3.94. The zero-order chi connectivity index (χ0) is 30.7. The van der Waals surface area contributed by atoms with Crippen LogP contribution < -0.4 is 14.2 Å². The predicted molar refractivity (Wildman–Crippen MR) is 175 cm³/mol. The molecule has 2 heterocycles. The van der Waals surface area contributed by atoms with E-state index in [9.17, 15) is 0 Å². The molecule has 1 atom stereocenters. The second-order valence-corrected chi connectivity index (χ2v) is 11.5. The van der Waals surface area contributed by atoms with Crippen molar-refractivity contribution in [2.45, 2.75) is 91.4 Å². The average molecular weight is 599 g/mol. The van der Waals surface area contributed by atoms with Crippen molar-refractivity contribution in [3.8, 4) is 29.2 Å². The van der Waals surface area contributed by atoms with E-state index in [0.717, 1.165) is 41.0 Å². The number of fused-ring (bicyclic) bond motifs is 1. The van der Waals surface area contributed by atoms with Gasteiger partial charge in [-0.3, -0.25) is 0 Å². The lowest BCUT2D eigenvalue weighted by molar-refractivity contribution is 0.229. The molecule has 0 radical (unpaired) electrons. The Labute approximate surface area is 261 Å². The van der Waals surface area contributed by atoms with Gasteiger partial charge in [-0.2, -0.15) is 9.97 Å². The van der Waals surface area contributed by atoms with Gasteiger partial charge in [0.1, 0.15) is 11.3 Å².